The van der Waals surface area contributed by atoms with Crippen LogP contribution in [0.4, 0.5) is 10.1 Å². The zero-order chi connectivity index (χ0) is 13.0. The van der Waals surface area contributed by atoms with Crippen molar-refractivity contribution in [3.63, 3.8) is 0 Å². The molecule has 2 rings (SSSR count). The number of carbonyl (C=O) groups is 1. The lowest BCUT2D eigenvalue weighted by Crippen LogP contribution is -2.13. The first kappa shape index (κ1) is 12.9. The molecule has 0 aromatic carbocycles. The van der Waals surface area contributed by atoms with Gasteiger partial charge in [0.05, 0.1) is 21.7 Å². The molecule has 5 nitrogen and oxygen atoms in total. The maximum atomic E-state index is 11.7. The number of aromatic nitrogens is 1. The molecule has 0 aliphatic rings. The molecule has 2 aromatic heterocycles. The summed E-state index contributed by atoms with van der Waals surface area (Å²) in [6.45, 7) is 0. The molecule has 0 spiro atoms. The Labute approximate surface area is 116 Å². The Balaban J connectivity index is 1.88. The van der Waals surface area contributed by atoms with Crippen molar-refractivity contribution in [3.05, 3.63) is 23.2 Å². The largest absolute Gasteiger partial charge is 0.375 e. The first-order valence-corrected chi connectivity index (χ1v) is 7.49. The Morgan fingerprint density at radius 3 is 3.17 bits per heavy atom. The predicted octanol–water partition coefficient (Wildman–Crippen LogP) is 2.39. The lowest BCUT2D eigenvalue weighted by Gasteiger charge is -2.01. The van der Waals surface area contributed by atoms with Gasteiger partial charge in [0.2, 0.25) is 5.91 Å². The van der Waals surface area contributed by atoms with Crippen molar-refractivity contribution in [1.82, 2.24) is 4.98 Å². The van der Waals surface area contributed by atoms with Gasteiger partial charge < -0.3 is 11.1 Å². The average Bonchev–Trinajstić information content (AvgIpc) is 2.95. The minimum absolute atomic E-state index is 0.147. The average molecular weight is 296 g/mol. The van der Waals surface area contributed by atoms with Crippen molar-refractivity contribution in [2.24, 2.45) is 0 Å². The van der Waals surface area contributed by atoms with E-state index in [-0.39, 0.29) is 11.7 Å². The van der Waals surface area contributed by atoms with E-state index in [1.165, 1.54) is 34.4 Å². The number of rotatable bonds is 4. The molecule has 0 atom stereocenters. The smallest absolute Gasteiger partial charge is 0.235 e. The van der Waals surface area contributed by atoms with Crippen molar-refractivity contribution < 1.29 is 4.79 Å². The van der Waals surface area contributed by atoms with Crippen molar-refractivity contribution in [3.8, 4) is 6.07 Å². The lowest BCUT2D eigenvalue weighted by molar-refractivity contribution is -0.113. The molecule has 18 heavy (non-hydrogen) atoms. The highest BCUT2D eigenvalue weighted by atomic mass is 32.2. The highest BCUT2D eigenvalue weighted by molar-refractivity contribution is 8.01. The molecule has 0 aliphatic carbocycles. The molecule has 0 saturated heterocycles. The molecule has 0 radical (unpaired) electrons. The van der Waals surface area contributed by atoms with Crippen LogP contribution in [0.3, 0.4) is 0 Å². The van der Waals surface area contributed by atoms with E-state index in [9.17, 15) is 4.79 Å². The highest BCUT2D eigenvalue weighted by Gasteiger charge is 2.09. The van der Waals surface area contributed by atoms with Gasteiger partial charge in [-0.1, -0.05) is 11.3 Å². The van der Waals surface area contributed by atoms with Crippen LogP contribution in [-0.2, 0) is 4.79 Å². The van der Waals surface area contributed by atoms with Gasteiger partial charge in [0.25, 0.3) is 0 Å². The number of thioether (sulfide) groups is 1. The van der Waals surface area contributed by atoms with Crippen LogP contribution >= 0.6 is 34.4 Å². The molecule has 3 N–H and O–H groups in total. The van der Waals surface area contributed by atoms with E-state index in [1.807, 2.05) is 6.07 Å². The van der Waals surface area contributed by atoms with Crippen LogP contribution in [0.1, 0.15) is 5.56 Å². The van der Waals surface area contributed by atoms with Crippen LogP contribution in [-0.4, -0.2) is 16.6 Å². The standard InChI is InChI=1S/C10H8N4OS3/c11-3-6-1-2-16-9(6)14-7(15)5-17-8-4-13-10(12)18-8/h1-2,4H,5H2,(H2,12,13)(H,14,15). The molecule has 0 unspecified atom stereocenters. The van der Waals surface area contributed by atoms with Crippen molar-refractivity contribution in [1.29, 1.82) is 5.26 Å². The molecule has 0 bridgehead atoms. The van der Waals surface area contributed by atoms with Crippen LogP contribution in [0.15, 0.2) is 21.9 Å². The van der Waals surface area contributed by atoms with E-state index >= 15 is 0 Å². The monoisotopic (exact) mass is 296 g/mol. The summed E-state index contributed by atoms with van der Waals surface area (Å²) < 4.78 is 0.898. The number of amides is 1. The van der Waals surface area contributed by atoms with Crippen molar-refractivity contribution in [2.45, 2.75) is 4.21 Å². The first-order chi connectivity index (χ1) is 8.69. The normalized spacial score (nSPS) is 9.94. The topological polar surface area (TPSA) is 91.8 Å². The molecule has 2 aromatic rings. The molecular formula is C10H8N4OS3. The number of nitrogens with zero attached hydrogens (tertiary/aromatic N) is 2. The zero-order valence-electron chi connectivity index (χ0n) is 9.04. The fraction of sp³-hybridized carbons (Fsp3) is 0.100. The Hall–Kier alpha value is -1.56. The number of thiophene rings is 1. The van der Waals surface area contributed by atoms with Gasteiger partial charge in [-0.05, 0) is 11.4 Å². The minimum Gasteiger partial charge on any atom is -0.375 e. The molecule has 8 heteroatoms. The van der Waals surface area contributed by atoms with E-state index in [4.69, 9.17) is 11.0 Å². The zero-order valence-corrected chi connectivity index (χ0v) is 11.5. The quantitative estimate of drug-likeness (QED) is 0.845. The van der Waals surface area contributed by atoms with Gasteiger partial charge in [-0.25, -0.2) is 4.98 Å². The lowest BCUT2D eigenvalue weighted by atomic mass is 10.3. The van der Waals surface area contributed by atoms with E-state index in [0.717, 1.165) is 4.21 Å². The Morgan fingerprint density at radius 2 is 2.50 bits per heavy atom. The van der Waals surface area contributed by atoms with Crippen LogP contribution in [0, 0.1) is 11.3 Å². The fourth-order valence-electron chi connectivity index (χ4n) is 1.13. The Morgan fingerprint density at radius 1 is 1.67 bits per heavy atom. The van der Waals surface area contributed by atoms with E-state index in [1.54, 1.807) is 17.6 Å². The van der Waals surface area contributed by atoms with Gasteiger partial charge in [-0.3, -0.25) is 4.79 Å². The van der Waals surface area contributed by atoms with Gasteiger partial charge in [-0.15, -0.1) is 23.1 Å². The van der Waals surface area contributed by atoms with Crippen molar-refractivity contribution in [2.75, 3.05) is 16.8 Å². The predicted molar refractivity (Wildman–Crippen MR) is 74.9 cm³/mol. The molecule has 0 aliphatic heterocycles. The summed E-state index contributed by atoms with van der Waals surface area (Å²) in [5.74, 6) is 0.121. The van der Waals surface area contributed by atoms with E-state index in [2.05, 4.69) is 10.3 Å². The van der Waals surface area contributed by atoms with Gasteiger partial charge in [0.15, 0.2) is 5.13 Å². The Bertz CT molecular complexity index is 598. The van der Waals surface area contributed by atoms with Crippen LogP contribution in [0.5, 0.6) is 0 Å². The summed E-state index contributed by atoms with van der Waals surface area (Å²) in [5, 5.41) is 14.4. The SMILES string of the molecule is N#Cc1ccsc1NC(=O)CSc1cnc(N)s1. The highest BCUT2D eigenvalue weighted by Crippen LogP contribution is 2.27. The molecule has 0 fully saturated rings. The summed E-state index contributed by atoms with van der Waals surface area (Å²) >= 11 is 4.05. The summed E-state index contributed by atoms with van der Waals surface area (Å²) in [4.78, 5) is 15.6. The molecule has 92 valence electrons. The number of hydrogen-bond donors (Lipinski definition) is 2. The Kier molecular flexibility index (Phi) is 4.19. The van der Waals surface area contributed by atoms with Crippen LogP contribution < -0.4 is 11.1 Å². The molecule has 0 saturated carbocycles. The summed E-state index contributed by atoms with van der Waals surface area (Å²) in [5.41, 5.74) is 5.98. The maximum Gasteiger partial charge on any atom is 0.235 e. The van der Waals surface area contributed by atoms with Crippen LogP contribution in [0.2, 0.25) is 0 Å². The second-order valence-corrected chi connectivity index (χ2v) is 6.38. The number of hydrogen-bond acceptors (Lipinski definition) is 7. The van der Waals surface area contributed by atoms with Crippen molar-refractivity contribution >= 4 is 50.5 Å². The van der Waals surface area contributed by atoms with E-state index in [0.29, 0.717) is 15.7 Å². The molecule has 1 amide bonds. The summed E-state index contributed by atoms with van der Waals surface area (Å²) in [6.07, 6.45) is 1.64. The number of nitrogens with one attached hydrogen (secondary N) is 1. The maximum absolute atomic E-state index is 11.7. The number of carbonyl (C=O) groups excluding carboxylic acids is 1. The van der Waals surface area contributed by atoms with Crippen LogP contribution in [0.25, 0.3) is 0 Å². The van der Waals surface area contributed by atoms with Gasteiger partial charge in [0, 0.05) is 0 Å². The number of nitrogen functional groups attached to an aromatic ring is 1. The third kappa shape index (κ3) is 3.22. The third-order valence-electron chi connectivity index (χ3n) is 1.89. The van der Waals surface area contributed by atoms with Gasteiger partial charge >= 0.3 is 0 Å². The fourth-order valence-corrected chi connectivity index (χ4v) is 3.44. The second-order valence-electron chi connectivity index (χ2n) is 3.13. The number of anilines is 2. The molecule has 2 heterocycles. The second kappa shape index (κ2) is 5.86. The minimum atomic E-state index is -0.147. The van der Waals surface area contributed by atoms with Gasteiger partial charge in [-0.2, -0.15) is 5.26 Å². The summed E-state index contributed by atoms with van der Waals surface area (Å²) in [6, 6.07) is 3.70. The first-order valence-electron chi connectivity index (χ1n) is 4.80. The summed E-state index contributed by atoms with van der Waals surface area (Å²) in [7, 11) is 0. The van der Waals surface area contributed by atoms with E-state index < -0.39 is 0 Å². The number of nitriles is 1. The number of thiazole rings is 1. The molecular weight excluding hydrogens is 288 g/mol. The number of nitrogens with two attached hydrogens (primary N) is 1. The third-order valence-corrected chi connectivity index (χ3v) is 4.74. The van der Waals surface area contributed by atoms with Gasteiger partial charge in [0.1, 0.15) is 11.1 Å².